The van der Waals surface area contributed by atoms with Crippen LogP contribution in [-0.4, -0.2) is 17.3 Å². The first kappa shape index (κ1) is 13.3. The van der Waals surface area contributed by atoms with E-state index in [2.05, 4.69) is 0 Å². The van der Waals surface area contributed by atoms with Crippen molar-refractivity contribution >= 4 is 11.6 Å². The maximum Gasteiger partial charge on any atom is 0.121 e. The van der Waals surface area contributed by atoms with E-state index in [0.717, 1.165) is 25.0 Å². The second-order valence-corrected chi connectivity index (χ2v) is 6.40. The van der Waals surface area contributed by atoms with Gasteiger partial charge in [0.15, 0.2) is 0 Å². The number of aliphatic hydroxyl groups excluding tert-OH is 1. The normalized spacial score (nSPS) is 29.6. The molecule has 3 rings (SSSR count). The molecule has 2 aliphatic rings. The Bertz CT molecular complexity index is 438. The third-order valence-electron chi connectivity index (χ3n) is 4.85. The van der Waals surface area contributed by atoms with Crippen molar-refractivity contribution in [1.29, 1.82) is 0 Å². The van der Waals surface area contributed by atoms with Crippen molar-refractivity contribution in [2.45, 2.75) is 57.2 Å². The van der Waals surface area contributed by atoms with Crippen molar-refractivity contribution in [3.8, 4) is 5.75 Å². The van der Waals surface area contributed by atoms with Crippen molar-refractivity contribution < 1.29 is 9.84 Å². The fraction of sp³-hybridized carbons (Fsp3) is 0.625. The smallest absolute Gasteiger partial charge is 0.121 e. The molecule has 0 bridgehead atoms. The van der Waals surface area contributed by atoms with Crippen LogP contribution in [0.3, 0.4) is 0 Å². The van der Waals surface area contributed by atoms with Crippen molar-refractivity contribution in [2.75, 3.05) is 0 Å². The van der Waals surface area contributed by atoms with Gasteiger partial charge in [0.2, 0.25) is 0 Å². The van der Waals surface area contributed by atoms with Crippen molar-refractivity contribution in [3.05, 3.63) is 29.3 Å². The Morgan fingerprint density at radius 3 is 2.53 bits per heavy atom. The predicted molar refractivity (Wildman–Crippen MR) is 76.6 cm³/mol. The summed E-state index contributed by atoms with van der Waals surface area (Å²) in [6.07, 6.45) is 7.93. The minimum absolute atomic E-state index is 0.00117. The topological polar surface area (TPSA) is 29.5 Å². The lowest BCUT2D eigenvalue weighted by molar-refractivity contribution is -0.163. The number of aliphatic hydroxyl groups is 1. The standard InChI is InChI=1S/C16H21ClO2/c17-12-6-5-7-13(10-12)19-15-11-14(18)16(15)8-3-1-2-4-9-16/h5-7,10,14-15,18H,1-4,8-9,11H2. The zero-order valence-corrected chi connectivity index (χ0v) is 11.9. The molecule has 0 aliphatic heterocycles. The van der Waals surface area contributed by atoms with Gasteiger partial charge in [-0.1, -0.05) is 43.4 Å². The first-order valence-corrected chi connectivity index (χ1v) is 7.69. The highest BCUT2D eigenvalue weighted by molar-refractivity contribution is 6.30. The van der Waals surface area contributed by atoms with E-state index in [-0.39, 0.29) is 17.6 Å². The molecule has 19 heavy (non-hydrogen) atoms. The molecule has 0 saturated heterocycles. The highest BCUT2D eigenvalue weighted by atomic mass is 35.5. The van der Waals surface area contributed by atoms with Gasteiger partial charge in [-0.3, -0.25) is 0 Å². The Labute approximate surface area is 119 Å². The van der Waals surface area contributed by atoms with E-state index in [0.29, 0.717) is 5.02 Å². The molecule has 2 saturated carbocycles. The summed E-state index contributed by atoms with van der Waals surface area (Å²) in [6.45, 7) is 0. The highest BCUT2D eigenvalue weighted by Gasteiger charge is 2.55. The van der Waals surface area contributed by atoms with Crippen LogP contribution in [0, 0.1) is 5.41 Å². The summed E-state index contributed by atoms with van der Waals surface area (Å²) in [6, 6.07) is 7.57. The Kier molecular flexibility index (Phi) is 3.72. The van der Waals surface area contributed by atoms with Crippen LogP contribution in [0.15, 0.2) is 24.3 Å². The van der Waals surface area contributed by atoms with Crippen molar-refractivity contribution in [2.24, 2.45) is 5.41 Å². The molecule has 0 heterocycles. The number of benzene rings is 1. The van der Waals surface area contributed by atoms with Gasteiger partial charge in [0.25, 0.3) is 0 Å². The van der Waals surface area contributed by atoms with E-state index < -0.39 is 0 Å². The lowest BCUT2D eigenvalue weighted by Gasteiger charge is -2.53. The number of hydrogen-bond acceptors (Lipinski definition) is 2. The molecule has 1 N–H and O–H groups in total. The van der Waals surface area contributed by atoms with Gasteiger partial charge < -0.3 is 9.84 Å². The maximum absolute atomic E-state index is 10.2. The summed E-state index contributed by atoms with van der Waals surface area (Å²) in [5.74, 6) is 0.827. The van der Waals surface area contributed by atoms with Gasteiger partial charge in [-0.25, -0.2) is 0 Å². The molecule has 1 aromatic rings. The first-order valence-electron chi connectivity index (χ1n) is 7.31. The Hall–Kier alpha value is -0.730. The molecule has 2 aliphatic carbocycles. The largest absolute Gasteiger partial charge is 0.490 e. The number of hydrogen-bond donors (Lipinski definition) is 1. The zero-order valence-electron chi connectivity index (χ0n) is 11.1. The Morgan fingerprint density at radius 2 is 1.89 bits per heavy atom. The molecular formula is C16H21ClO2. The molecule has 2 atom stereocenters. The van der Waals surface area contributed by atoms with Gasteiger partial charge in [0.05, 0.1) is 6.10 Å². The minimum Gasteiger partial charge on any atom is -0.490 e. The molecule has 0 amide bonds. The van der Waals surface area contributed by atoms with Gasteiger partial charge in [0.1, 0.15) is 11.9 Å². The molecule has 0 aromatic heterocycles. The zero-order chi connectivity index (χ0) is 13.3. The molecule has 0 radical (unpaired) electrons. The molecule has 2 nitrogen and oxygen atoms in total. The molecule has 1 spiro atoms. The Balaban J connectivity index is 1.74. The maximum atomic E-state index is 10.2. The molecular weight excluding hydrogens is 260 g/mol. The summed E-state index contributed by atoms with van der Waals surface area (Å²) >= 11 is 5.99. The lowest BCUT2D eigenvalue weighted by Crippen LogP contribution is -2.59. The first-order chi connectivity index (χ1) is 9.21. The molecule has 3 heteroatoms. The third kappa shape index (κ3) is 2.48. The SMILES string of the molecule is OC1CC(Oc2cccc(Cl)c2)C12CCCCCC2. The average molecular weight is 281 g/mol. The summed E-state index contributed by atoms with van der Waals surface area (Å²) in [7, 11) is 0. The van der Waals surface area contributed by atoms with E-state index in [1.165, 1.54) is 25.7 Å². The summed E-state index contributed by atoms with van der Waals surface area (Å²) in [5.41, 5.74) is -0.00117. The van der Waals surface area contributed by atoms with E-state index >= 15 is 0 Å². The van der Waals surface area contributed by atoms with Gasteiger partial charge in [-0.15, -0.1) is 0 Å². The van der Waals surface area contributed by atoms with Gasteiger partial charge >= 0.3 is 0 Å². The van der Waals surface area contributed by atoms with E-state index in [4.69, 9.17) is 16.3 Å². The summed E-state index contributed by atoms with van der Waals surface area (Å²) in [4.78, 5) is 0. The van der Waals surface area contributed by atoms with Crippen LogP contribution in [0.25, 0.3) is 0 Å². The fourth-order valence-corrected chi connectivity index (χ4v) is 3.82. The number of rotatable bonds is 2. The van der Waals surface area contributed by atoms with Crippen LogP contribution in [0.1, 0.15) is 44.9 Å². The van der Waals surface area contributed by atoms with Gasteiger partial charge in [-0.2, -0.15) is 0 Å². The quantitative estimate of drug-likeness (QED) is 0.880. The molecule has 2 fully saturated rings. The van der Waals surface area contributed by atoms with Crippen molar-refractivity contribution in [1.82, 2.24) is 0 Å². The van der Waals surface area contributed by atoms with Crippen LogP contribution >= 0.6 is 11.6 Å². The molecule has 2 unspecified atom stereocenters. The van der Waals surface area contributed by atoms with Crippen molar-refractivity contribution in [3.63, 3.8) is 0 Å². The highest BCUT2D eigenvalue weighted by Crippen LogP contribution is 2.52. The van der Waals surface area contributed by atoms with Crippen LogP contribution in [0.4, 0.5) is 0 Å². The van der Waals surface area contributed by atoms with Crippen LogP contribution < -0.4 is 4.74 Å². The second-order valence-electron chi connectivity index (χ2n) is 5.96. The number of ether oxygens (including phenoxy) is 1. The summed E-state index contributed by atoms with van der Waals surface area (Å²) in [5, 5.41) is 10.9. The van der Waals surface area contributed by atoms with Gasteiger partial charge in [0, 0.05) is 16.9 Å². The van der Waals surface area contributed by atoms with E-state index in [9.17, 15) is 5.11 Å². The van der Waals surface area contributed by atoms with Crippen LogP contribution in [-0.2, 0) is 0 Å². The fourth-order valence-electron chi connectivity index (χ4n) is 3.64. The van der Waals surface area contributed by atoms with Crippen LogP contribution in [0.5, 0.6) is 5.75 Å². The minimum atomic E-state index is -0.185. The van der Waals surface area contributed by atoms with Crippen LogP contribution in [0.2, 0.25) is 5.02 Å². The summed E-state index contributed by atoms with van der Waals surface area (Å²) < 4.78 is 6.11. The molecule has 1 aromatic carbocycles. The predicted octanol–water partition coefficient (Wildman–Crippen LogP) is 4.19. The van der Waals surface area contributed by atoms with E-state index in [1.807, 2.05) is 24.3 Å². The number of halogens is 1. The average Bonchev–Trinajstić information content (AvgIpc) is 2.66. The third-order valence-corrected chi connectivity index (χ3v) is 5.09. The Morgan fingerprint density at radius 1 is 1.16 bits per heavy atom. The van der Waals surface area contributed by atoms with E-state index in [1.54, 1.807) is 0 Å². The monoisotopic (exact) mass is 280 g/mol. The second kappa shape index (κ2) is 5.34. The van der Waals surface area contributed by atoms with Gasteiger partial charge in [-0.05, 0) is 31.0 Å². The lowest BCUT2D eigenvalue weighted by atomic mass is 9.59. The molecule has 104 valence electrons.